The molecule has 3 nitrogen and oxygen atoms in total. The smallest absolute Gasteiger partial charge is 0.130 e. The maximum atomic E-state index is 9.45. The van der Waals surface area contributed by atoms with Crippen LogP contribution >= 0.6 is 0 Å². The summed E-state index contributed by atoms with van der Waals surface area (Å²) in [7, 11) is 0. The van der Waals surface area contributed by atoms with Crippen molar-refractivity contribution in [2.45, 2.75) is 32.8 Å². The molecule has 0 atom stereocenters. The molecule has 0 saturated carbocycles. The fourth-order valence-electron chi connectivity index (χ4n) is 0.964. The van der Waals surface area contributed by atoms with Crippen molar-refractivity contribution in [2.75, 3.05) is 6.61 Å². The average Bonchev–Trinajstić information content (AvgIpc) is 2.01. The van der Waals surface area contributed by atoms with Gasteiger partial charge >= 0.3 is 0 Å². The Bertz CT molecular complexity index is 292. The topological polar surface area (TPSA) is 42.4 Å². The fourth-order valence-corrected chi connectivity index (χ4v) is 0.964. The van der Waals surface area contributed by atoms with Gasteiger partial charge in [-0.3, -0.25) is 4.98 Å². The van der Waals surface area contributed by atoms with Crippen LogP contribution in [0.1, 0.15) is 26.0 Å². The lowest BCUT2D eigenvalue weighted by atomic mass is 10.1. The molecule has 0 spiro atoms. The number of nitrogens with zero attached hydrogens (tertiary/aromatic N) is 1. The zero-order valence-electron chi connectivity index (χ0n) is 8.87. The summed E-state index contributed by atoms with van der Waals surface area (Å²) in [5, 5.41) is 9.45. The lowest BCUT2D eigenvalue weighted by Crippen LogP contribution is -2.21. The predicted octanol–water partition coefficient (Wildman–Crippen LogP) is 1.73. The molecule has 0 bridgehead atoms. The fraction of sp³-hybridized carbons (Fsp3) is 0.545. The Balaban J connectivity index is 2.39. The monoisotopic (exact) mass is 194 g/mol. The van der Waals surface area contributed by atoms with Crippen molar-refractivity contribution in [3.63, 3.8) is 0 Å². The second-order valence-electron chi connectivity index (χ2n) is 3.93. The van der Waals surface area contributed by atoms with Gasteiger partial charge in [-0.1, -0.05) is 0 Å². The van der Waals surface area contributed by atoms with E-state index in [4.69, 9.17) is 4.74 Å². The summed E-state index contributed by atoms with van der Waals surface area (Å²) >= 11 is 0. The van der Waals surface area contributed by atoms with Gasteiger partial charge in [-0.15, -0.1) is 0 Å². The number of hydrogen-bond acceptors (Lipinski definition) is 3. The Morgan fingerprint density at radius 1 is 1.57 bits per heavy atom. The molecule has 14 heavy (non-hydrogen) atoms. The maximum Gasteiger partial charge on any atom is 0.130 e. The van der Waals surface area contributed by atoms with E-state index in [2.05, 4.69) is 11.1 Å². The first-order chi connectivity index (χ1) is 6.47. The van der Waals surface area contributed by atoms with Crippen molar-refractivity contribution in [1.29, 1.82) is 0 Å². The molecule has 77 valence electrons. The summed E-state index contributed by atoms with van der Waals surface area (Å²) < 4.78 is 5.41. The van der Waals surface area contributed by atoms with E-state index in [1.165, 1.54) is 0 Å². The van der Waals surface area contributed by atoms with Crippen molar-refractivity contribution in [3.8, 4) is 5.75 Å². The van der Waals surface area contributed by atoms with Crippen molar-refractivity contribution in [2.24, 2.45) is 0 Å². The van der Waals surface area contributed by atoms with Gasteiger partial charge in [-0.05, 0) is 26.8 Å². The molecule has 1 N–H and O–H groups in total. The van der Waals surface area contributed by atoms with Crippen LogP contribution in [0.5, 0.6) is 5.75 Å². The van der Waals surface area contributed by atoms with Crippen LogP contribution in [0.3, 0.4) is 0 Å². The van der Waals surface area contributed by atoms with E-state index < -0.39 is 5.60 Å². The summed E-state index contributed by atoms with van der Waals surface area (Å²) in [6, 6.07) is 4.74. The zero-order valence-corrected chi connectivity index (χ0v) is 8.87. The largest absolute Gasteiger partial charge is 0.493 e. The first-order valence-electron chi connectivity index (χ1n) is 4.67. The summed E-state index contributed by atoms with van der Waals surface area (Å²) in [5.41, 5.74) is 0.132. The van der Waals surface area contributed by atoms with Gasteiger partial charge in [0.2, 0.25) is 0 Å². The zero-order chi connectivity index (χ0) is 10.6. The summed E-state index contributed by atoms with van der Waals surface area (Å²) in [6.07, 6.45) is 2.29. The van der Waals surface area contributed by atoms with Crippen molar-refractivity contribution in [1.82, 2.24) is 4.98 Å². The molecule has 1 heterocycles. The molecule has 0 unspecified atom stereocenters. The summed E-state index contributed by atoms with van der Waals surface area (Å²) in [6.45, 7) is 5.88. The second kappa shape index (κ2) is 4.42. The first-order valence-corrected chi connectivity index (χ1v) is 4.67. The van der Waals surface area contributed by atoms with E-state index in [9.17, 15) is 5.11 Å². The van der Waals surface area contributed by atoms with Crippen LogP contribution in [-0.4, -0.2) is 22.3 Å². The highest BCUT2D eigenvalue weighted by molar-refractivity contribution is 5.19. The third kappa shape index (κ3) is 4.23. The summed E-state index contributed by atoms with van der Waals surface area (Å²) in [4.78, 5) is 4.01. The first kappa shape index (κ1) is 11.0. The molecule has 1 rings (SSSR count). The molecule has 0 aliphatic rings. The number of ether oxygens (including phenoxy) is 1. The minimum absolute atomic E-state index is 0.490. The molecule has 1 radical (unpaired) electrons. The molecular formula is C11H16NO2. The maximum absolute atomic E-state index is 9.45. The number of pyridine rings is 1. The van der Waals surface area contributed by atoms with Crippen LogP contribution in [0.15, 0.2) is 12.3 Å². The Labute approximate surface area is 84.7 Å². The molecule has 0 saturated heterocycles. The van der Waals surface area contributed by atoms with Crippen LogP contribution in [-0.2, 0) is 0 Å². The van der Waals surface area contributed by atoms with E-state index in [0.29, 0.717) is 18.8 Å². The van der Waals surface area contributed by atoms with Gasteiger partial charge in [0.25, 0.3) is 0 Å². The lowest BCUT2D eigenvalue weighted by Gasteiger charge is -2.16. The van der Waals surface area contributed by atoms with Gasteiger partial charge in [0.15, 0.2) is 0 Å². The van der Waals surface area contributed by atoms with Crippen LogP contribution in [0, 0.1) is 13.0 Å². The Morgan fingerprint density at radius 3 is 2.86 bits per heavy atom. The number of aromatic nitrogens is 1. The van der Waals surface area contributed by atoms with E-state index in [1.807, 2.05) is 6.92 Å². The molecule has 1 aromatic rings. The SMILES string of the molecule is Cc1[c]c(OCCC(C)(C)O)ccn1. The van der Waals surface area contributed by atoms with Crippen LogP contribution in [0.25, 0.3) is 0 Å². The Morgan fingerprint density at radius 2 is 2.29 bits per heavy atom. The molecule has 3 heteroatoms. The molecule has 0 amide bonds. The Hall–Kier alpha value is -1.09. The number of aryl methyl sites for hydroxylation is 1. The minimum atomic E-state index is -0.678. The van der Waals surface area contributed by atoms with Crippen LogP contribution in [0.2, 0.25) is 0 Å². The standard InChI is InChI=1S/C11H16NO2/c1-9-8-10(4-6-12-9)14-7-5-11(2,3)13/h4,6,13H,5,7H2,1-3H3. The predicted molar refractivity (Wildman–Crippen MR) is 54.2 cm³/mol. The van der Waals surface area contributed by atoms with Gasteiger partial charge in [-0.2, -0.15) is 0 Å². The second-order valence-corrected chi connectivity index (χ2v) is 3.93. The van der Waals surface area contributed by atoms with Gasteiger partial charge in [0, 0.05) is 18.3 Å². The van der Waals surface area contributed by atoms with E-state index >= 15 is 0 Å². The highest BCUT2D eigenvalue weighted by Crippen LogP contribution is 2.12. The van der Waals surface area contributed by atoms with E-state index in [0.717, 1.165) is 5.69 Å². The Kier molecular flexibility index (Phi) is 3.47. The summed E-state index contributed by atoms with van der Waals surface area (Å²) in [5.74, 6) is 0.682. The molecule has 0 aromatic carbocycles. The van der Waals surface area contributed by atoms with Crippen LogP contribution < -0.4 is 4.74 Å². The number of rotatable bonds is 4. The highest BCUT2D eigenvalue weighted by atomic mass is 16.5. The van der Waals surface area contributed by atoms with E-state index in [-0.39, 0.29) is 0 Å². The van der Waals surface area contributed by atoms with Gasteiger partial charge in [0.1, 0.15) is 5.75 Å². The molecule has 0 aliphatic carbocycles. The highest BCUT2D eigenvalue weighted by Gasteiger charge is 2.11. The van der Waals surface area contributed by atoms with Gasteiger partial charge in [-0.25, -0.2) is 0 Å². The third-order valence-corrected chi connectivity index (χ3v) is 1.77. The van der Waals surface area contributed by atoms with Crippen molar-refractivity contribution in [3.05, 3.63) is 24.0 Å². The van der Waals surface area contributed by atoms with Gasteiger partial charge in [0.05, 0.1) is 18.3 Å². The number of aliphatic hydroxyl groups is 1. The van der Waals surface area contributed by atoms with Crippen LogP contribution in [0.4, 0.5) is 0 Å². The average molecular weight is 194 g/mol. The van der Waals surface area contributed by atoms with Crippen molar-refractivity contribution < 1.29 is 9.84 Å². The lowest BCUT2D eigenvalue weighted by molar-refractivity contribution is 0.0553. The molecule has 0 aliphatic heterocycles. The quantitative estimate of drug-likeness (QED) is 0.793. The van der Waals surface area contributed by atoms with Crippen molar-refractivity contribution >= 4 is 0 Å². The minimum Gasteiger partial charge on any atom is -0.493 e. The third-order valence-electron chi connectivity index (χ3n) is 1.77. The molecular weight excluding hydrogens is 178 g/mol. The molecule has 1 aromatic heterocycles. The van der Waals surface area contributed by atoms with E-state index in [1.54, 1.807) is 26.1 Å². The number of hydrogen-bond donors (Lipinski definition) is 1. The normalized spacial score (nSPS) is 11.4. The van der Waals surface area contributed by atoms with Gasteiger partial charge < -0.3 is 9.84 Å². The molecule has 0 fully saturated rings.